The summed E-state index contributed by atoms with van der Waals surface area (Å²) in [5.74, 6) is 0.930. The molecule has 0 N–H and O–H groups in total. The van der Waals surface area contributed by atoms with Gasteiger partial charge in [-0.2, -0.15) is 4.52 Å². The molecule has 7 heteroatoms. The molecular weight excluding hydrogens is 230 g/mol. The van der Waals surface area contributed by atoms with Crippen LogP contribution < -0.4 is 0 Å². The van der Waals surface area contributed by atoms with Crippen LogP contribution in [0.4, 0.5) is 0 Å². The van der Waals surface area contributed by atoms with Gasteiger partial charge in [0.05, 0.1) is 17.2 Å². The zero-order valence-electron chi connectivity index (χ0n) is 9.86. The Morgan fingerprint density at radius 2 is 2.17 bits per heavy atom. The molecule has 0 aliphatic heterocycles. The number of rotatable bonds is 0. The molecule has 4 heterocycles. The van der Waals surface area contributed by atoms with E-state index in [2.05, 4.69) is 25.5 Å². The van der Waals surface area contributed by atoms with E-state index in [0.717, 1.165) is 27.8 Å². The molecule has 88 valence electrons. The third-order valence-corrected chi connectivity index (χ3v) is 3.28. The molecule has 4 aromatic heterocycles. The highest BCUT2D eigenvalue weighted by Crippen LogP contribution is 2.26. The summed E-state index contributed by atoms with van der Waals surface area (Å²) in [5.41, 5.74) is 3.40. The number of imidazole rings is 1. The minimum absolute atomic E-state index is 0.661. The maximum atomic E-state index is 4.54. The minimum atomic E-state index is 0.661. The summed E-state index contributed by atoms with van der Waals surface area (Å²) in [5, 5.41) is 12.8. The molecule has 0 saturated heterocycles. The predicted molar refractivity (Wildman–Crippen MR) is 65.1 cm³/mol. The summed E-state index contributed by atoms with van der Waals surface area (Å²) in [6, 6.07) is 1.96. The summed E-state index contributed by atoms with van der Waals surface area (Å²) in [7, 11) is 1.99. The monoisotopic (exact) mass is 239 g/mol. The Morgan fingerprint density at radius 3 is 3.06 bits per heavy atom. The van der Waals surface area contributed by atoms with Gasteiger partial charge in [-0.25, -0.2) is 4.98 Å². The summed E-state index contributed by atoms with van der Waals surface area (Å²) < 4.78 is 3.73. The molecule has 0 fully saturated rings. The summed E-state index contributed by atoms with van der Waals surface area (Å²) in [6.45, 7) is 1.97. The first-order valence-electron chi connectivity index (χ1n) is 5.54. The van der Waals surface area contributed by atoms with Crippen molar-refractivity contribution in [2.45, 2.75) is 6.92 Å². The molecule has 0 saturated carbocycles. The van der Waals surface area contributed by atoms with Crippen LogP contribution in [-0.4, -0.2) is 34.6 Å². The topological polar surface area (TPSA) is 73.8 Å². The number of aryl methyl sites for hydroxylation is 2. The molecular formula is C11H9N7. The zero-order valence-corrected chi connectivity index (χ0v) is 9.86. The first-order chi connectivity index (χ1) is 8.77. The number of fused-ring (bicyclic) bond motifs is 6. The second-order valence-corrected chi connectivity index (χ2v) is 4.22. The van der Waals surface area contributed by atoms with Crippen LogP contribution in [0.25, 0.3) is 27.6 Å². The van der Waals surface area contributed by atoms with Gasteiger partial charge in [-0.1, -0.05) is 0 Å². The lowest BCUT2D eigenvalue weighted by atomic mass is 10.2. The number of nitrogens with zero attached hydrogens (tertiary/aromatic N) is 7. The molecule has 4 aromatic rings. The lowest BCUT2D eigenvalue weighted by Crippen LogP contribution is -1.96. The highest BCUT2D eigenvalue weighted by Gasteiger charge is 2.16. The molecule has 4 rings (SSSR count). The molecule has 0 aliphatic rings. The van der Waals surface area contributed by atoms with Gasteiger partial charge in [0.15, 0.2) is 0 Å². The van der Waals surface area contributed by atoms with Crippen molar-refractivity contribution in [1.82, 2.24) is 34.6 Å². The third-order valence-electron chi connectivity index (χ3n) is 3.28. The van der Waals surface area contributed by atoms with Crippen LogP contribution in [-0.2, 0) is 7.05 Å². The Hall–Kier alpha value is -2.57. The number of tetrazole rings is 1. The fraction of sp³-hybridized carbons (Fsp3) is 0.182. The van der Waals surface area contributed by atoms with Gasteiger partial charge in [-0.15, -0.1) is 5.10 Å². The Balaban J connectivity index is 2.48. The van der Waals surface area contributed by atoms with Gasteiger partial charge >= 0.3 is 0 Å². The van der Waals surface area contributed by atoms with Gasteiger partial charge in [-0.05, 0) is 23.4 Å². The third kappa shape index (κ3) is 0.963. The average Bonchev–Trinajstić information content (AvgIpc) is 2.96. The molecule has 0 amide bonds. The summed E-state index contributed by atoms with van der Waals surface area (Å²) in [6.07, 6.45) is 3.53. The standard InChI is InChI=1S/C11H9N7/c1-6-13-9-10(17(6)2)7-3-4-12-5-8(7)18-11(9)14-15-16-18/h3-5H,1-2H3. The normalized spacial score (nSPS) is 11.9. The van der Waals surface area contributed by atoms with Gasteiger partial charge < -0.3 is 4.57 Å². The second kappa shape index (κ2) is 3.00. The Labute approximate surface area is 101 Å². The van der Waals surface area contributed by atoms with Crippen LogP contribution in [0.5, 0.6) is 0 Å². The van der Waals surface area contributed by atoms with Crippen molar-refractivity contribution in [3.8, 4) is 0 Å². The summed E-state index contributed by atoms with van der Waals surface area (Å²) in [4.78, 5) is 8.68. The van der Waals surface area contributed by atoms with E-state index < -0.39 is 0 Å². The van der Waals surface area contributed by atoms with Gasteiger partial charge in [0.2, 0.25) is 5.65 Å². The van der Waals surface area contributed by atoms with Crippen LogP contribution in [0.1, 0.15) is 5.82 Å². The van der Waals surface area contributed by atoms with E-state index in [0.29, 0.717) is 5.65 Å². The van der Waals surface area contributed by atoms with Gasteiger partial charge in [-0.3, -0.25) is 4.98 Å². The van der Waals surface area contributed by atoms with E-state index in [-0.39, 0.29) is 0 Å². The smallest absolute Gasteiger partial charge is 0.207 e. The predicted octanol–water partition coefficient (Wildman–Crippen LogP) is 0.868. The maximum Gasteiger partial charge on any atom is 0.207 e. The number of hydrogen-bond donors (Lipinski definition) is 0. The number of pyridine rings is 2. The lowest BCUT2D eigenvalue weighted by Gasteiger charge is -2.03. The van der Waals surface area contributed by atoms with Crippen LogP contribution >= 0.6 is 0 Å². The van der Waals surface area contributed by atoms with E-state index in [4.69, 9.17) is 0 Å². The molecule has 0 atom stereocenters. The SMILES string of the molecule is Cc1nc2c(c3ccncc3n3nnnc23)n1C. The maximum absolute atomic E-state index is 4.54. The zero-order chi connectivity index (χ0) is 12.3. The average molecular weight is 239 g/mol. The van der Waals surface area contributed by atoms with Crippen molar-refractivity contribution in [3.63, 3.8) is 0 Å². The lowest BCUT2D eigenvalue weighted by molar-refractivity contribution is 0.840. The molecule has 0 radical (unpaired) electrons. The van der Waals surface area contributed by atoms with E-state index in [1.165, 1.54) is 0 Å². The molecule has 18 heavy (non-hydrogen) atoms. The molecule has 0 aliphatic carbocycles. The second-order valence-electron chi connectivity index (χ2n) is 4.22. The van der Waals surface area contributed by atoms with Crippen molar-refractivity contribution in [2.24, 2.45) is 7.05 Å². The number of hydrogen-bond acceptors (Lipinski definition) is 5. The fourth-order valence-corrected chi connectivity index (χ4v) is 2.33. The molecule has 0 bridgehead atoms. The van der Waals surface area contributed by atoms with Gasteiger partial charge in [0.25, 0.3) is 0 Å². The Bertz CT molecular complexity index is 902. The molecule has 0 unspecified atom stereocenters. The first kappa shape index (κ1) is 9.46. The quantitative estimate of drug-likeness (QED) is 0.455. The van der Waals surface area contributed by atoms with Crippen molar-refractivity contribution < 1.29 is 0 Å². The van der Waals surface area contributed by atoms with Crippen molar-refractivity contribution >= 4 is 27.6 Å². The minimum Gasteiger partial charge on any atom is -0.331 e. The molecule has 0 aromatic carbocycles. The van der Waals surface area contributed by atoms with E-state index in [1.807, 2.05) is 24.6 Å². The largest absolute Gasteiger partial charge is 0.331 e. The Kier molecular flexibility index (Phi) is 1.58. The highest BCUT2D eigenvalue weighted by molar-refractivity contribution is 6.07. The van der Waals surface area contributed by atoms with Crippen molar-refractivity contribution in [1.29, 1.82) is 0 Å². The van der Waals surface area contributed by atoms with Crippen LogP contribution in [0.3, 0.4) is 0 Å². The van der Waals surface area contributed by atoms with E-state index in [9.17, 15) is 0 Å². The fourth-order valence-electron chi connectivity index (χ4n) is 2.33. The van der Waals surface area contributed by atoms with Crippen LogP contribution in [0.2, 0.25) is 0 Å². The number of aromatic nitrogens is 7. The molecule has 0 spiro atoms. The van der Waals surface area contributed by atoms with Crippen LogP contribution in [0, 0.1) is 6.92 Å². The molecule has 7 nitrogen and oxygen atoms in total. The van der Waals surface area contributed by atoms with Crippen LogP contribution in [0.15, 0.2) is 18.5 Å². The highest BCUT2D eigenvalue weighted by atomic mass is 15.5. The van der Waals surface area contributed by atoms with Crippen molar-refractivity contribution in [3.05, 3.63) is 24.3 Å². The Morgan fingerprint density at radius 1 is 1.28 bits per heavy atom. The van der Waals surface area contributed by atoms with Crippen molar-refractivity contribution in [2.75, 3.05) is 0 Å². The van der Waals surface area contributed by atoms with Gasteiger partial charge in [0, 0.05) is 18.6 Å². The van der Waals surface area contributed by atoms with E-state index >= 15 is 0 Å². The van der Waals surface area contributed by atoms with Gasteiger partial charge in [0.1, 0.15) is 11.3 Å². The van der Waals surface area contributed by atoms with E-state index in [1.54, 1.807) is 16.9 Å². The summed E-state index contributed by atoms with van der Waals surface area (Å²) >= 11 is 0. The first-order valence-corrected chi connectivity index (χ1v) is 5.54.